The van der Waals surface area contributed by atoms with Crippen molar-refractivity contribution in [1.29, 1.82) is 0 Å². The number of phenolic OH excluding ortho intramolecular Hbond substituents is 1. The standard InChI is InChI=1S/C10H15N.C6H3N3O7/c1-2-3-6-9-7-4-5-8-10(9)11;10-6-4(8(13)14)1-3(7(11)12)2-5(6)9(15)16/h4-5,7-8H,2-3,6,11H2,1H3;1-2,10H. The summed E-state index contributed by atoms with van der Waals surface area (Å²) in [4.78, 5) is 27.8. The molecule has 0 heterocycles. The van der Waals surface area contributed by atoms with E-state index in [4.69, 9.17) is 10.8 Å². The van der Waals surface area contributed by atoms with Gasteiger partial charge in [0.2, 0.25) is 0 Å². The second-order valence-corrected chi connectivity index (χ2v) is 5.41. The molecule has 11 heteroatoms. The Morgan fingerprint density at radius 2 is 1.48 bits per heavy atom. The van der Waals surface area contributed by atoms with Gasteiger partial charge in [-0.25, -0.2) is 0 Å². The van der Waals surface area contributed by atoms with Gasteiger partial charge < -0.3 is 10.8 Å². The van der Waals surface area contributed by atoms with E-state index in [1.165, 1.54) is 18.4 Å². The van der Waals surface area contributed by atoms with E-state index < -0.39 is 37.6 Å². The van der Waals surface area contributed by atoms with Crippen molar-refractivity contribution in [2.24, 2.45) is 0 Å². The third-order valence-electron chi connectivity index (χ3n) is 3.51. The first-order chi connectivity index (χ1) is 12.7. The van der Waals surface area contributed by atoms with Crippen LogP contribution in [0.4, 0.5) is 22.7 Å². The monoisotopic (exact) mass is 378 g/mol. The summed E-state index contributed by atoms with van der Waals surface area (Å²) in [6, 6.07) is 8.98. The highest BCUT2D eigenvalue weighted by Gasteiger charge is 2.30. The number of benzene rings is 2. The summed E-state index contributed by atoms with van der Waals surface area (Å²) in [5.74, 6) is -1.21. The molecule has 0 saturated carbocycles. The Labute approximate surface area is 153 Å². The Morgan fingerprint density at radius 1 is 0.963 bits per heavy atom. The summed E-state index contributed by atoms with van der Waals surface area (Å²) < 4.78 is 0. The van der Waals surface area contributed by atoms with Gasteiger partial charge in [0.1, 0.15) is 0 Å². The van der Waals surface area contributed by atoms with Crippen molar-refractivity contribution in [1.82, 2.24) is 0 Å². The Kier molecular flexibility index (Phi) is 7.61. The van der Waals surface area contributed by atoms with Crippen LogP contribution in [-0.4, -0.2) is 19.9 Å². The molecule has 0 amide bonds. The van der Waals surface area contributed by atoms with Crippen LogP contribution in [0.5, 0.6) is 5.75 Å². The number of nitro benzene ring substituents is 3. The second-order valence-electron chi connectivity index (χ2n) is 5.41. The smallest absolute Gasteiger partial charge is 0.324 e. The average molecular weight is 378 g/mol. The summed E-state index contributed by atoms with van der Waals surface area (Å²) in [7, 11) is 0. The van der Waals surface area contributed by atoms with Gasteiger partial charge in [-0.2, -0.15) is 0 Å². The van der Waals surface area contributed by atoms with E-state index in [9.17, 15) is 30.3 Å². The summed E-state index contributed by atoms with van der Waals surface area (Å²) in [6.07, 6.45) is 3.58. The quantitative estimate of drug-likeness (QED) is 0.434. The predicted octanol–water partition coefficient (Wildman–Crippen LogP) is 3.73. The Hall–Kier alpha value is -3.76. The number of aromatic hydroxyl groups is 1. The highest BCUT2D eigenvalue weighted by atomic mass is 16.6. The summed E-state index contributed by atoms with van der Waals surface area (Å²) in [5.41, 5.74) is 4.98. The van der Waals surface area contributed by atoms with Crippen LogP contribution in [0, 0.1) is 30.3 Å². The molecule has 0 atom stereocenters. The highest BCUT2D eigenvalue weighted by molar-refractivity contribution is 5.64. The van der Waals surface area contributed by atoms with E-state index in [0.717, 1.165) is 12.1 Å². The number of rotatable bonds is 6. The maximum absolute atomic E-state index is 10.4. The first-order valence-electron chi connectivity index (χ1n) is 7.82. The minimum absolute atomic E-state index is 0.447. The van der Waals surface area contributed by atoms with Crippen LogP contribution in [0.3, 0.4) is 0 Å². The minimum Gasteiger partial charge on any atom is -0.497 e. The van der Waals surface area contributed by atoms with Gasteiger partial charge in [-0.05, 0) is 24.5 Å². The van der Waals surface area contributed by atoms with Crippen molar-refractivity contribution in [2.45, 2.75) is 26.2 Å². The third-order valence-corrected chi connectivity index (χ3v) is 3.51. The number of nitro groups is 3. The molecule has 27 heavy (non-hydrogen) atoms. The maximum atomic E-state index is 10.4. The number of nitrogen functional groups attached to an aromatic ring is 1. The van der Waals surface area contributed by atoms with Crippen molar-refractivity contribution < 1.29 is 19.9 Å². The number of non-ortho nitro benzene ring substituents is 1. The molecular formula is C16H18N4O7. The molecule has 3 N–H and O–H groups in total. The molecule has 2 rings (SSSR count). The van der Waals surface area contributed by atoms with Crippen LogP contribution in [0.25, 0.3) is 0 Å². The van der Waals surface area contributed by atoms with Gasteiger partial charge in [-0.15, -0.1) is 0 Å². The molecule has 0 aliphatic heterocycles. The molecule has 144 valence electrons. The topological polar surface area (TPSA) is 176 Å². The molecule has 0 radical (unpaired) electrons. The molecule has 0 spiro atoms. The van der Waals surface area contributed by atoms with Gasteiger partial charge in [0.05, 0.1) is 26.9 Å². The van der Waals surface area contributed by atoms with Crippen molar-refractivity contribution in [2.75, 3.05) is 5.73 Å². The molecular weight excluding hydrogens is 360 g/mol. The maximum Gasteiger partial charge on any atom is 0.324 e. The lowest BCUT2D eigenvalue weighted by Crippen LogP contribution is -1.97. The molecule has 2 aromatic rings. The number of nitrogens with zero attached hydrogens (tertiary/aromatic N) is 3. The lowest BCUT2D eigenvalue weighted by molar-refractivity contribution is -0.404. The van der Waals surface area contributed by atoms with E-state index >= 15 is 0 Å². The van der Waals surface area contributed by atoms with E-state index in [1.54, 1.807) is 0 Å². The molecule has 0 aliphatic rings. The molecule has 0 unspecified atom stereocenters. The largest absolute Gasteiger partial charge is 0.497 e. The van der Waals surface area contributed by atoms with Gasteiger partial charge in [-0.3, -0.25) is 30.3 Å². The van der Waals surface area contributed by atoms with Crippen molar-refractivity contribution in [3.8, 4) is 5.75 Å². The van der Waals surface area contributed by atoms with Crippen LogP contribution >= 0.6 is 0 Å². The number of unbranched alkanes of at least 4 members (excludes halogenated alkanes) is 1. The number of nitrogens with two attached hydrogens (primary N) is 1. The lowest BCUT2D eigenvalue weighted by Gasteiger charge is -2.02. The average Bonchev–Trinajstić information content (AvgIpc) is 2.61. The fraction of sp³-hybridized carbons (Fsp3) is 0.250. The van der Waals surface area contributed by atoms with Gasteiger partial charge in [0.25, 0.3) is 11.4 Å². The van der Waals surface area contributed by atoms with E-state index in [1.807, 2.05) is 18.2 Å². The molecule has 0 fully saturated rings. The van der Waals surface area contributed by atoms with Crippen LogP contribution in [0.15, 0.2) is 36.4 Å². The normalized spacial score (nSPS) is 9.81. The van der Waals surface area contributed by atoms with Crippen molar-refractivity contribution in [3.63, 3.8) is 0 Å². The fourth-order valence-electron chi connectivity index (χ4n) is 2.10. The van der Waals surface area contributed by atoms with E-state index in [2.05, 4.69) is 13.0 Å². The zero-order valence-corrected chi connectivity index (χ0v) is 14.4. The predicted molar refractivity (Wildman–Crippen MR) is 97.5 cm³/mol. The Bertz CT molecular complexity index is 819. The highest BCUT2D eigenvalue weighted by Crippen LogP contribution is 2.38. The Balaban J connectivity index is 0.000000289. The van der Waals surface area contributed by atoms with Crippen LogP contribution in [0.1, 0.15) is 25.3 Å². The third kappa shape index (κ3) is 5.92. The number of para-hydroxylation sites is 1. The molecule has 0 aromatic heterocycles. The molecule has 11 nitrogen and oxygen atoms in total. The van der Waals surface area contributed by atoms with Crippen molar-refractivity contribution >= 4 is 22.7 Å². The first-order valence-corrected chi connectivity index (χ1v) is 7.82. The van der Waals surface area contributed by atoms with E-state index in [0.29, 0.717) is 12.1 Å². The van der Waals surface area contributed by atoms with Gasteiger partial charge in [0, 0.05) is 5.69 Å². The number of hydrogen-bond donors (Lipinski definition) is 2. The number of hydrogen-bond acceptors (Lipinski definition) is 8. The van der Waals surface area contributed by atoms with Gasteiger partial charge in [0.15, 0.2) is 0 Å². The molecule has 2 aromatic carbocycles. The Morgan fingerprint density at radius 3 is 1.89 bits per heavy atom. The van der Waals surface area contributed by atoms with Gasteiger partial charge >= 0.3 is 11.4 Å². The molecule has 0 bridgehead atoms. The number of phenols is 1. The second kappa shape index (κ2) is 9.65. The summed E-state index contributed by atoms with van der Waals surface area (Å²) >= 11 is 0. The number of aryl methyl sites for hydroxylation is 1. The van der Waals surface area contributed by atoms with Gasteiger partial charge in [-0.1, -0.05) is 31.5 Å². The summed E-state index contributed by atoms with van der Waals surface area (Å²) in [5, 5.41) is 40.2. The molecule has 0 saturated heterocycles. The lowest BCUT2D eigenvalue weighted by atomic mass is 10.1. The fourth-order valence-corrected chi connectivity index (χ4v) is 2.10. The zero-order valence-electron chi connectivity index (χ0n) is 14.4. The van der Waals surface area contributed by atoms with Crippen molar-refractivity contribution in [3.05, 3.63) is 72.3 Å². The van der Waals surface area contributed by atoms with Crippen LogP contribution < -0.4 is 5.73 Å². The van der Waals surface area contributed by atoms with Crippen LogP contribution in [-0.2, 0) is 6.42 Å². The zero-order chi connectivity index (χ0) is 20.6. The SMILES string of the molecule is CCCCc1ccccc1N.O=[N+]([O-])c1cc([N+](=O)[O-])c(O)c([N+](=O)[O-])c1. The van der Waals surface area contributed by atoms with Crippen LogP contribution in [0.2, 0.25) is 0 Å². The van der Waals surface area contributed by atoms with E-state index in [-0.39, 0.29) is 0 Å². The minimum atomic E-state index is -1.21. The number of anilines is 1. The summed E-state index contributed by atoms with van der Waals surface area (Å²) in [6.45, 7) is 2.19. The first kappa shape index (κ1) is 21.3. The molecule has 0 aliphatic carbocycles.